The number of esters is 1. The molecule has 1 saturated heterocycles. The van der Waals surface area contributed by atoms with E-state index in [0.29, 0.717) is 40.7 Å². The second-order valence-corrected chi connectivity index (χ2v) is 8.95. The summed E-state index contributed by atoms with van der Waals surface area (Å²) in [4.78, 5) is 15.3. The number of benzene rings is 2. The first-order valence-corrected chi connectivity index (χ1v) is 11.9. The molecule has 2 aromatic carbocycles. The Hall–Kier alpha value is -1.92. The minimum absolute atomic E-state index is 0.139. The smallest absolute Gasteiger partial charge is 0.347 e. The summed E-state index contributed by atoms with van der Waals surface area (Å²) in [6, 6.07) is 9.20. The highest BCUT2D eigenvalue weighted by Gasteiger charge is 2.29. The van der Waals surface area contributed by atoms with Gasteiger partial charge in [0.15, 0.2) is 0 Å². The number of carbonyl (C=O) groups excluding carboxylic acids is 1. The van der Waals surface area contributed by atoms with Gasteiger partial charge in [0.2, 0.25) is 0 Å². The van der Waals surface area contributed by atoms with Gasteiger partial charge in [-0.3, -0.25) is 4.90 Å². The molecule has 0 N–H and O–H groups in total. The van der Waals surface area contributed by atoms with E-state index in [1.54, 1.807) is 31.2 Å². The molecular weight excluding hydrogens is 461 g/mol. The Morgan fingerprint density at radius 1 is 1.26 bits per heavy atom. The molecule has 0 spiro atoms. The van der Waals surface area contributed by atoms with E-state index in [1.165, 1.54) is 6.42 Å². The van der Waals surface area contributed by atoms with Crippen molar-refractivity contribution in [2.45, 2.75) is 65.5 Å². The molecule has 4 nitrogen and oxygen atoms in total. The van der Waals surface area contributed by atoms with Gasteiger partial charge < -0.3 is 9.47 Å². The third-order valence-corrected chi connectivity index (χ3v) is 6.70. The van der Waals surface area contributed by atoms with Crippen LogP contribution in [0.15, 0.2) is 34.8 Å². The summed E-state index contributed by atoms with van der Waals surface area (Å²) in [6.45, 7) is 7.75. The van der Waals surface area contributed by atoms with E-state index in [4.69, 9.17) is 9.47 Å². The van der Waals surface area contributed by atoms with Crippen molar-refractivity contribution in [1.82, 2.24) is 4.90 Å². The number of unbranched alkanes of at least 4 members (excludes halogenated alkanes) is 1. The first-order chi connectivity index (χ1) is 14.9. The van der Waals surface area contributed by atoms with Gasteiger partial charge in [-0.2, -0.15) is 0 Å². The van der Waals surface area contributed by atoms with E-state index >= 15 is 4.39 Å². The minimum atomic E-state index is -0.618. The van der Waals surface area contributed by atoms with Gasteiger partial charge in [-0.1, -0.05) is 38.0 Å². The number of piperidine rings is 1. The van der Waals surface area contributed by atoms with E-state index < -0.39 is 5.97 Å². The molecule has 3 rings (SSSR count). The van der Waals surface area contributed by atoms with Crippen molar-refractivity contribution >= 4 is 21.9 Å². The van der Waals surface area contributed by atoms with Crippen LogP contribution < -0.4 is 9.47 Å². The molecule has 0 radical (unpaired) electrons. The van der Waals surface area contributed by atoms with Gasteiger partial charge in [0.05, 0.1) is 11.1 Å². The minimum Gasteiger partial charge on any atom is -0.491 e. The van der Waals surface area contributed by atoms with Crippen LogP contribution >= 0.6 is 15.9 Å². The lowest BCUT2D eigenvalue weighted by atomic mass is 9.99. The molecule has 0 bridgehead atoms. The number of nitrogens with zero attached hydrogens (tertiary/aromatic N) is 1. The van der Waals surface area contributed by atoms with E-state index in [-0.39, 0.29) is 16.9 Å². The van der Waals surface area contributed by atoms with Crippen LogP contribution in [0.5, 0.6) is 11.5 Å². The van der Waals surface area contributed by atoms with Crippen molar-refractivity contribution in [2.75, 3.05) is 13.2 Å². The molecule has 0 aliphatic carbocycles. The standard InChI is InChI=1S/C25H31BrFNO3/c1-4-5-15-30-24-21(25(29)31-19-12-7-6-8-13-19)18(3)23(27)20(22(24)26)16-28-14-10-9-11-17(28)2/h6-8,12-13,17H,4-5,9-11,14-16H2,1-3H3/t17-/m0/s1. The van der Waals surface area contributed by atoms with Gasteiger partial charge in [0, 0.05) is 23.7 Å². The quantitative estimate of drug-likeness (QED) is 0.234. The highest BCUT2D eigenvalue weighted by molar-refractivity contribution is 9.10. The van der Waals surface area contributed by atoms with Crippen molar-refractivity contribution in [3.63, 3.8) is 0 Å². The average molecular weight is 492 g/mol. The van der Waals surface area contributed by atoms with E-state index in [9.17, 15) is 4.79 Å². The van der Waals surface area contributed by atoms with Crippen LogP contribution in [0.25, 0.3) is 0 Å². The summed E-state index contributed by atoms with van der Waals surface area (Å²) >= 11 is 3.57. The van der Waals surface area contributed by atoms with Crippen molar-refractivity contribution < 1.29 is 18.7 Å². The summed E-state index contributed by atoms with van der Waals surface area (Å²) in [5.74, 6) is -0.220. The van der Waals surface area contributed by atoms with Crippen LogP contribution in [0, 0.1) is 12.7 Å². The second-order valence-electron chi connectivity index (χ2n) is 8.16. The van der Waals surface area contributed by atoms with E-state index in [1.807, 2.05) is 6.07 Å². The fourth-order valence-electron chi connectivity index (χ4n) is 3.93. The van der Waals surface area contributed by atoms with Crippen LogP contribution in [0.1, 0.15) is 67.4 Å². The predicted molar refractivity (Wildman–Crippen MR) is 124 cm³/mol. The van der Waals surface area contributed by atoms with Crippen molar-refractivity contribution in [3.05, 3.63) is 57.3 Å². The number of hydrogen-bond donors (Lipinski definition) is 0. The lowest BCUT2D eigenvalue weighted by Crippen LogP contribution is -2.37. The van der Waals surface area contributed by atoms with Crippen molar-refractivity contribution in [3.8, 4) is 11.5 Å². The zero-order valence-corrected chi connectivity index (χ0v) is 20.1. The number of rotatable bonds is 8. The van der Waals surface area contributed by atoms with Crippen LogP contribution in [0.3, 0.4) is 0 Å². The first-order valence-electron chi connectivity index (χ1n) is 11.1. The maximum atomic E-state index is 15.6. The number of halogens is 2. The molecule has 1 aliphatic heterocycles. The van der Waals surface area contributed by atoms with Crippen molar-refractivity contribution in [2.24, 2.45) is 0 Å². The fraction of sp³-hybridized carbons (Fsp3) is 0.480. The van der Waals surface area contributed by atoms with Crippen molar-refractivity contribution in [1.29, 1.82) is 0 Å². The number of hydrogen-bond acceptors (Lipinski definition) is 4. The molecule has 0 amide bonds. The molecule has 6 heteroatoms. The number of ether oxygens (including phenoxy) is 2. The van der Waals surface area contributed by atoms with Crippen LogP contribution in [-0.4, -0.2) is 30.1 Å². The zero-order chi connectivity index (χ0) is 22.4. The number of para-hydroxylation sites is 1. The maximum absolute atomic E-state index is 15.6. The third-order valence-electron chi connectivity index (χ3n) is 5.86. The highest BCUT2D eigenvalue weighted by atomic mass is 79.9. The lowest BCUT2D eigenvalue weighted by molar-refractivity contribution is 0.0728. The predicted octanol–water partition coefficient (Wildman–Crippen LogP) is 6.67. The Morgan fingerprint density at radius 2 is 2.00 bits per heavy atom. The van der Waals surface area contributed by atoms with E-state index in [2.05, 4.69) is 34.7 Å². The highest BCUT2D eigenvalue weighted by Crippen LogP contribution is 2.39. The second kappa shape index (κ2) is 11.1. The Morgan fingerprint density at radius 3 is 2.68 bits per heavy atom. The van der Waals surface area contributed by atoms with Gasteiger partial charge in [0.25, 0.3) is 0 Å². The lowest BCUT2D eigenvalue weighted by Gasteiger charge is -2.34. The Bertz CT molecular complexity index is 904. The molecule has 0 aromatic heterocycles. The number of carbonyl (C=O) groups is 1. The maximum Gasteiger partial charge on any atom is 0.347 e. The molecule has 0 saturated carbocycles. The molecule has 1 fully saturated rings. The topological polar surface area (TPSA) is 38.8 Å². The van der Waals surface area contributed by atoms with Gasteiger partial charge in [-0.05, 0) is 67.7 Å². The molecule has 1 atom stereocenters. The largest absolute Gasteiger partial charge is 0.491 e. The summed E-state index contributed by atoms with van der Waals surface area (Å²) in [6.07, 6.45) is 5.23. The van der Waals surface area contributed by atoms with Crippen LogP contribution in [-0.2, 0) is 6.54 Å². The Balaban J connectivity index is 1.99. The molecule has 1 aliphatic rings. The monoisotopic (exact) mass is 491 g/mol. The number of likely N-dealkylation sites (tertiary alicyclic amines) is 1. The molecule has 0 unspecified atom stereocenters. The zero-order valence-electron chi connectivity index (χ0n) is 18.5. The average Bonchev–Trinajstić information content (AvgIpc) is 2.76. The SMILES string of the molecule is CCCCOc1c(Br)c(CN2CCCC[C@@H]2C)c(F)c(C)c1C(=O)Oc1ccccc1. The van der Waals surface area contributed by atoms with Gasteiger partial charge in [-0.15, -0.1) is 0 Å². The molecule has 1 heterocycles. The Labute approximate surface area is 192 Å². The van der Waals surface area contributed by atoms with Crippen LogP contribution in [0.2, 0.25) is 0 Å². The Kier molecular flexibility index (Phi) is 8.50. The summed E-state index contributed by atoms with van der Waals surface area (Å²) in [5.41, 5.74) is 0.934. The summed E-state index contributed by atoms with van der Waals surface area (Å²) in [7, 11) is 0. The molecule has 168 valence electrons. The summed E-state index contributed by atoms with van der Waals surface area (Å²) < 4.78 is 27.6. The fourth-order valence-corrected chi connectivity index (χ4v) is 4.54. The molecular formula is C25H31BrFNO3. The van der Waals surface area contributed by atoms with Gasteiger partial charge in [-0.25, -0.2) is 9.18 Å². The summed E-state index contributed by atoms with van der Waals surface area (Å²) in [5, 5.41) is 0. The van der Waals surface area contributed by atoms with Gasteiger partial charge in [0.1, 0.15) is 22.9 Å². The first kappa shape index (κ1) is 23.7. The normalized spacial score (nSPS) is 16.9. The van der Waals surface area contributed by atoms with Gasteiger partial charge >= 0.3 is 5.97 Å². The van der Waals surface area contributed by atoms with E-state index in [0.717, 1.165) is 32.2 Å². The third kappa shape index (κ3) is 5.66. The van der Waals surface area contributed by atoms with Crippen LogP contribution in [0.4, 0.5) is 4.39 Å². The molecule has 31 heavy (non-hydrogen) atoms. The molecule has 2 aromatic rings.